The Balaban J connectivity index is 1.98. The lowest BCUT2D eigenvalue weighted by atomic mass is 10.0. The van der Waals surface area contributed by atoms with Crippen molar-refractivity contribution in [2.45, 2.75) is 39.2 Å². The van der Waals surface area contributed by atoms with Gasteiger partial charge in [0.05, 0.1) is 10.2 Å². The minimum Gasteiger partial charge on any atom is -0.375 e. The van der Waals surface area contributed by atoms with Crippen LogP contribution in [0.5, 0.6) is 0 Å². The topological polar surface area (TPSA) is 59.2 Å². The Bertz CT molecular complexity index is 664. The molecule has 1 aliphatic rings. The molecule has 2 N–H and O–H groups in total. The van der Waals surface area contributed by atoms with E-state index in [1.54, 1.807) is 0 Å². The number of nitrogen functional groups attached to an aromatic ring is 1. The maximum atomic E-state index is 12.7. The molecule has 3 rings (SSSR count). The van der Waals surface area contributed by atoms with Crippen LogP contribution in [0.25, 0.3) is 10.2 Å². The summed E-state index contributed by atoms with van der Waals surface area (Å²) in [5, 5.41) is 0.555. The average molecular weight is 289 g/mol. The maximum Gasteiger partial charge on any atom is 0.254 e. The first-order valence-electron chi connectivity index (χ1n) is 7.04. The van der Waals surface area contributed by atoms with Gasteiger partial charge in [0, 0.05) is 18.2 Å². The Hall–Kier alpha value is -1.62. The van der Waals surface area contributed by atoms with E-state index in [-0.39, 0.29) is 5.91 Å². The van der Waals surface area contributed by atoms with E-state index in [0.717, 1.165) is 40.7 Å². The highest BCUT2D eigenvalue weighted by Gasteiger charge is 2.24. The Morgan fingerprint density at radius 1 is 1.45 bits per heavy atom. The van der Waals surface area contributed by atoms with Crippen molar-refractivity contribution in [1.82, 2.24) is 9.88 Å². The molecule has 1 amide bonds. The number of carbonyl (C=O) groups is 1. The second kappa shape index (κ2) is 5.05. The SMILES string of the molecule is Cc1cc(C(=O)N2CCCCC2C)cc2sc(N)nc12. The van der Waals surface area contributed by atoms with Crippen LogP contribution < -0.4 is 5.73 Å². The van der Waals surface area contributed by atoms with Crippen molar-refractivity contribution >= 4 is 32.6 Å². The first-order chi connectivity index (χ1) is 9.56. The van der Waals surface area contributed by atoms with E-state index < -0.39 is 0 Å². The van der Waals surface area contributed by atoms with Crippen LogP contribution >= 0.6 is 11.3 Å². The zero-order valence-corrected chi connectivity index (χ0v) is 12.7. The summed E-state index contributed by atoms with van der Waals surface area (Å²) in [6.07, 6.45) is 3.42. The van der Waals surface area contributed by atoms with Crippen LogP contribution in [0.3, 0.4) is 0 Å². The molecule has 1 aromatic heterocycles. The van der Waals surface area contributed by atoms with Gasteiger partial charge in [0.2, 0.25) is 0 Å². The molecule has 1 atom stereocenters. The van der Waals surface area contributed by atoms with E-state index in [1.807, 2.05) is 24.0 Å². The monoisotopic (exact) mass is 289 g/mol. The second-order valence-electron chi connectivity index (χ2n) is 5.54. The minimum atomic E-state index is 0.133. The molecular weight excluding hydrogens is 270 g/mol. The summed E-state index contributed by atoms with van der Waals surface area (Å²) in [7, 11) is 0. The van der Waals surface area contributed by atoms with Crippen LogP contribution in [0, 0.1) is 6.92 Å². The fourth-order valence-electron chi connectivity index (χ4n) is 2.90. The lowest BCUT2D eigenvalue weighted by Crippen LogP contribution is -2.42. The first-order valence-corrected chi connectivity index (χ1v) is 7.85. The van der Waals surface area contributed by atoms with Crippen LogP contribution in [0.4, 0.5) is 5.13 Å². The van der Waals surface area contributed by atoms with Crippen molar-refractivity contribution in [2.75, 3.05) is 12.3 Å². The number of thiazole rings is 1. The van der Waals surface area contributed by atoms with Crippen LogP contribution in [-0.2, 0) is 0 Å². The summed E-state index contributed by atoms with van der Waals surface area (Å²) in [6, 6.07) is 4.20. The molecule has 1 aromatic carbocycles. The van der Waals surface area contributed by atoms with Crippen molar-refractivity contribution in [3.8, 4) is 0 Å². The van der Waals surface area contributed by atoms with Crippen molar-refractivity contribution in [3.63, 3.8) is 0 Å². The van der Waals surface area contributed by atoms with Gasteiger partial charge in [0.25, 0.3) is 5.91 Å². The van der Waals surface area contributed by atoms with Crippen molar-refractivity contribution in [1.29, 1.82) is 0 Å². The molecule has 106 valence electrons. The molecular formula is C15H19N3OS. The molecule has 0 spiro atoms. The van der Waals surface area contributed by atoms with Gasteiger partial charge < -0.3 is 10.6 Å². The molecule has 20 heavy (non-hydrogen) atoms. The predicted molar refractivity (Wildman–Crippen MR) is 83.1 cm³/mol. The molecule has 0 radical (unpaired) electrons. The van der Waals surface area contributed by atoms with E-state index in [4.69, 9.17) is 5.73 Å². The predicted octanol–water partition coefficient (Wildman–Crippen LogP) is 3.20. The van der Waals surface area contributed by atoms with Gasteiger partial charge in [-0.15, -0.1) is 0 Å². The number of nitrogens with zero attached hydrogens (tertiary/aromatic N) is 2. The average Bonchev–Trinajstić information content (AvgIpc) is 2.79. The summed E-state index contributed by atoms with van der Waals surface area (Å²) in [4.78, 5) is 19.0. The number of nitrogens with two attached hydrogens (primary N) is 1. The van der Waals surface area contributed by atoms with Crippen molar-refractivity contribution in [2.24, 2.45) is 0 Å². The van der Waals surface area contributed by atoms with Crippen molar-refractivity contribution < 1.29 is 4.79 Å². The molecule has 1 aliphatic heterocycles. The third-order valence-corrected chi connectivity index (χ3v) is 4.84. The van der Waals surface area contributed by atoms with E-state index in [1.165, 1.54) is 17.8 Å². The molecule has 1 unspecified atom stereocenters. The number of aryl methyl sites for hydroxylation is 1. The molecule has 0 aliphatic carbocycles. The first kappa shape index (κ1) is 13.4. The molecule has 2 heterocycles. The fraction of sp³-hybridized carbons (Fsp3) is 0.467. The normalized spacial score (nSPS) is 19.5. The highest BCUT2D eigenvalue weighted by molar-refractivity contribution is 7.22. The zero-order valence-electron chi connectivity index (χ0n) is 11.8. The smallest absolute Gasteiger partial charge is 0.254 e. The molecule has 5 heteroatoms. The van der Waals surface area contributed by atoms with Gasteiger partial charge in [-0.05, 0) is 50.8 Å². The summed E-state index contributed by atoms with van der Waals surface area (Å²) in [5.41, 5.74) is 8.45. The number of hydrogen-bond donors (Lipinski definition) is 1. The third-order valence-electron chi connectivity index (χ3n) is 4.01. The molecule has 0 saturated carbocycles. The summed E-state index contributed by atoms with van der Waals surface area (Å²) in [5.74, 6) is 0.133. The molecule has 4 nitrogen and oxygen atoms in total. The number of amides is 1. The second-order valence-corrected chi connectivity index (χ2v) is 6.60. The number of piperidine rings is 1. The van der Waals surface area contributed by atoms with E-state index in [2.05, 4.69) is 11.9 Å². The molecule has 1 fully saturated rings. The Labute approximate surface area is 122 Å². The van der Waals surface area contributed by atoms with E-state index >= 15 is 0 Å². The number of rotatable bonds is 1. The number of hydrogen-bond acceptors (Lipinski definition) is 4. The van der Waals surface area contributed by atoms with Crippen LogP contribution in [0.2, 0.25) is 0 Å². The van der Waals surface area contributed by atoms with E-state index in [9.17, 15) is 4.79 Å². The van der Waals surface area contributed by atoms with E-state index in [0.29, 0.717) is 11.2 Å². The Morgan fingerprint density at radius 2 is 2.25 bits per heavy atom. The minimum absolute atomic E-state index is 0.133. The van der Waals surface area contributed by atoms with Gasteiger partial charge in [0.1, 0.15) is 0 Å². The summed E-state index contributed by atoms with van der Waals surface area (Å²) < 4.78 is 0.996. The van der Waals surface area contributed by atoms with Crippen LogP contribution in [0.15, 0.2) is 12.1 Å². The highest BCUT2D eigenvalue weighted by atomic mass is 32.1. The van der Waals surface area contributed by atoms with Crippen LogP contribution in [-0.4, -0.2) is 28.4 Å². The van der Waals surface area contributed by atoms with Gasteiger partial charge in [-0.2, -0.15) is 0 Å². The number of benzene rings is 1. The zero-order chi connectivity index (χ0) is 14.3. The molecule has 1 saturated heterocycles. The Morgan fingerprint density at radius 3 is 3.00 bits per heavy atom. The van der Waals surface area contributed by atoms with Gasteiger partial charge >= 0.3 is 0 Å². The number of carbonyl (C=O) groups excluding carboxylic acids is 1. The van der Waals surface area contributed by atoms with Gasteiger partial charge in [-0.25, -0.2) is 4.98 Å². The number of aromatic nitrogens is 1. The number of anilines is 1. The highest BCUT2D eigenvalue weighted by Crippen LogP contribution is 2.29. The number of likely N-dealkylation sites (tertiary alicyclic amines) is 1. The quantitative estimate of drug-likeness (QED) is 0.877. The summed E-state index contributed by atoms with van der Waals surface area (Å²) in [6.45, 7) is 4.98. The molecule has 2 aromatic rings. The van der Waals surface area contributed by atoms with Gasteiger partial charge in [-0.1, -0.05) is 11.3 Å². The van der Waals surface area contributed by atoms with Crippen molar-refractivity contribution in [3.05, 3.63) is 23.3 Å². The van der Waals surface area contributed by atoms with Gasteiger partial charge in [-0.3, -0.25) is 4.79 Å². The van der Waals surface area contributed by atoms with Crippen LogP contribution in [0.1, 0.15) is 42.1 Å². The third kappa shape index (κ3) is 2.26. The maximum absolute atomic E-state index is 12.7. The largest absolute Gasteiger partial charge is 0.375 e. The molecule has 0 bridgehead atoms. The Kier molecular flexibility index (Phi) is 3.38. The van der Waals surface area contributed by atoms with Gasteiger partial charge in [0.15, 0.2) is 5.13 Å². The number of fused-ring (bicyclic) bond motifs is 1. The lowest BCUT2D eigenvalue weighted by Gasteiger charge is -2.33. The fourth-order valence-corrected chi connectivity index (χ4v) is 3.75. The lowest BCUT2D eigenvalue weighted by molar-refractivity contribution is 0.0635. The summed E-state index contributed by atoms with van der Waals surface area (Å²) >= 11 is 1.44. The standard InChI is InChI=1S/C15H19N3OS/c1-9-7-11(8-12-13(9)17-15(16)20-12)14(19)18-6-4-3-5-10(18)2/h7-8,10H,3-6H2,1-2H3,(H2,16,17).